The number of fused-ring (bicyclic) bond motifs is 1. The topological polar surface area (TPSA) is 106 Å². The van der Waals surface area contributed by atoms with E-state index in [1.165, 1.54) is 0 Å². The van der Waals surface area contributed by atoms with Crippen molar-refractivity contribution in [3.63, 3.8) is 0 Å². The zero-order valence-electron chi connectivity index (χ0n) is 24.2. The third kappa shape index (κ3) is 6.66. The van der Waals surface area contributed by atoms with Crippen molar-refractivity contribution in [3.05, 3.63) is 113 Å². The molecule has 10 heteroatoms. The third-order valence-electron chi connectivity index (χ3n) is 7.81. The molecule has 1 aliphatic rings. The molecule has 43 heavy (non-hydrogen) atoms. The summed E-state index contributed by atoms with van der Waals surface area (Å²) in [5.41, 5.74) is 6.75. The second-order valence-electron chi connectivity index (χ2n) is 10.7. The van der Waals surface area contributed by atoms with Gasteiger partial charge in [-0.25, -0.2) is 4.98 Å². The summed E-state index contributed by atoms with van der Waals surface area (Å²) in [6.07, 6.45) is 4.02. The van der Waals surface area contributed by atoms with E-state index in [4.69, 9.17) is 4.74 Å². The number of benzene rings is 3. The minimum atomic E-state index is -0.148. The number of rotatable bonds is 10. The summed E-state index contributed by atoms with van der Waals surface area (Å²) < 4.78 is 9.12. The van der Waals surface area contributed by atoms with Crippen LogP contribution in [0.2, 0.25) is 0 Å². The number of aryl methyl sites for hydroxylation is 1. The molecule has 2 amide bonds. The Morgan fingerprint density at radius 1 is 0.907 bits per heavy atom. The third-order valence-corrected chi connectivity index (χ3v) is 7.81. The minimum Gasteiger partial charge on any atom is -0.379 e. The number of amides is 2. The molecule has 0 aliphatic carbocycles. The standard InChI is InChI=1S/C33H35N7O3/c1-38-31(19-24-5-3-2-4-6-24)28(22-37-38)33(42)35-21-25-7-10-27(11-8-25)40-23-36-29-20-26(9-12-30(29)40)32(41)34-13-14-39-15-17-43-18-16-39/h2-12,20,22-23H,13-19,21H2,1H3,(H,34,41)(H,35,42). The van der Waals surface area contributed by atoms with Crippen molar-refractivity contribution in [2.45, 2.75) is 13.0 Å². The fourth-order valence-corrected chi connectivity index (χ4v) is 5.32. The number of aromatic nitrogens is 4. The average Bonchev–Trinajstić information content (AvgIpc) is 3.64. The Bertz CT molecular complexity index is 1700. The molecule has 2 aromatic heterocycles. The quantitative estimate of drug-likeness (QED) is 0.264. The lowest BCUT2D eigenvalue weighted by molar-refractivity contribution is 0.0383. The number of nitrogens with one attached hydrogen (secondary N) is 2. The largest absolute Gasteiger partial charge is 0.379 e. The van der Waals surface area contributed by atoms with E-state index in [-0.39, 0.29) is 11.8 Å². The number of ether oxygens (including phenoxy) is 1. The van der Waals surface area contributed by atoms with E-state index < -0.39 is 0 Å². The van der Waals surface area contributed by atoms with Crippen LogP contribution in [0, 0.1) is 0 Å². The molecule has 3 aromatic carbocycles. The summed E-state index contributed by atoms with van der Waals surface area (Å²) in [6.45, 7) is 5.09. The summed E-state index contributed by atoms with van der Waals surface area (Å²) in [5.74, 6) is -0.251. The molecule has 0 spiro atoms. The van der Waals surface area contributed by atoms with Gasteiger partial charge in [-0.15, -0.1) is 0 Å². The molecule has 2 N–H and O–H groups in total. The van der Waals surface area contributed by atoms with E-state index in [2.05, 4.69) is 25.6 Å². The van der Waals surface area contributed by atoms with Crippen molar-refractivity contribution in [1.29, 1.82) is 0 Å². The average molecular weight is 578 g/mol. The fraction of sp³-hybridized carbons (Fsp3) is 0.273. The SMILES string of the molecule is Cn1ncc(C(=O)NCc2ccc(-n3cnc4cc(C(=O)NCCN5CCOCC5)ccc43)cc2)c1Cc1ccccc1. The van der Waals surface area contributed by atoms with E-state index >= 15 is 0 Å². The van der Waals surface area contributed by atoms with Crippen LogP contribution in [0.5, 0.6) is 0 Å². The molecule has 0 unspecified atom stereocenters. The van der Waals surface area contributed by atoms with E-state index in [1.54, 1.807) is 17.2 Å². The number of imidazole rings is 1. The molecular weight excluding hydrogens is 542 g/mol. The Kier molecular flexibility index (Phi) is 8.57. The highest BCUT2D eigenvalue weighted by Crippen LogP contribution is 2.20. The van der Waals surface area contributed by atoms with Gasteiger partial charge in [0.1, 0.15) is 6.33 Å². The van der Waals surface area contributed by atoms with Crippen LogP contribution in [0.3, 0.4) is 0 Å². The smallest absolute Gasteiger partial charge is 0.255 e. The Balaban J connectivity index is 1.06. The van der Waals surface area contributed by atoms with E-state index in [0.29, 0.717) is 30.6 Å². The highest BCUT2D eigenvalue weighted by molar-refractivity contribution is 5.97. The molecule has 5 aromatic rings. The van der Waals surface area contributed by atoms with Crippen molar-refractivity contribution >= 4 is 22.8 Å². The van der Waals surface area contributed by atoms with Gasteiger partial charge in [-0.2, -0.15) is 5.10 Å². The van der Waals surface area contributed by atoms with Gasteiger partial charge in [-0.1, -0.05) is 42.5 Å². The summed E-state index contributed by atoms with van der Waals surface area (Å²) in [7, 11) is 1.86. The molecule has 3 heterocycles. The van der Waals surface area contributed by atoms with Crippen LogP contribution in [-0.4, -0.2) is 75.4 Å². The maximum atomic E-state index is 13.0. The number of nitrogens with zero attached hydrogens (tertiary/aromatic N) is 5. The van der Waals surface area contributed by atoms with Crippen LogP contribution in [0.1, 0.15) is 37.5 Å². The van der Waals surface area contributed by atoms with Crippen LogP contribution in [-0.2, 0) is 24.8 Å². The summed E-state index contributed by atoms with van der Waals surface area (Å²) in [4.78, 5) is 32.6. The number of hydrogen-bond donors (Lipinski definition) is 2. The minimum absolute atomic E-state index is 0.102. The van der Waals surface area contributed by atoms with Crippen molar-refractivity contribution in [2.24, 2.45) is 7.05 Å². The molecule has 0 atom stereocenters. The Hall–Kier alpha value is -4.80. The summed E-state index contributed by atoms with van der Waals surface area (Å²) >= 11 is 0. The molecule has 6 rings (SSSR count). The van der Waals surface area contributed by atoms with Crippen molar-refractivity contribution in [3.8, 4) is 5.69 Å². The first-order valence-electron chi connectivity index (χ1n) is 14.5. The van der Waals surface area contributed by atoms with E-state index in [1.807, 2.05) is 84.4 Å². The molecule has 220 valence electrons. The van der Waals surface area contributed by atoms with Crippen molar-refractivity contribution < 1.29 is 14.3 Å². The van der Waals surface area contributed by atoms with Crippen molar-refractivity contribution in [2.75, 3.05) is 39.4 Å². The van der Waals surface area contributed by atoms with Crippen LogP contribution in [0.4, 0.5) is 0 Å². The summed E-state index contributed by atoms with van der Waals surface area (Å²) in [5, 5.41) is 10.4. The Morgan fingerprint density at radius 3 is 2.49 bits per heavy atom. The van der Waals surface area contributed by atoms with Gasteiger partial charge in [0.2, 0.25) is 0 Å². The van der Waals surface area contributed by atoms with E-state index in [9.17, 15) is 9.59 Å². The van der Waals surface area contributed by atoms with Crippen LogP contribution < -0.4 is 10.6 Å². The maximum absolute atomic E-state index is 13.0. The summed E-state index contributed by atoms with van der Waals surface area (Å²) in [6, 6.07) is 23.6. The van der Waals surface area contributed by atoms with Crippen LogP contribution >= 0.6 is 0 Å². The molecule has 0 radical (unpaired) electrons. The second kappa shape index (κ2) is 13.0. The first kappa shape index (κ1) is 28.3. The molecule has 1 aliphatic heterocycles. The Labute approximate surface area is 250 Å². The predicted octanol–water partition coefficient (Wildman–Crippen LogP) is 3.34. The van der Waals surface area contributed by atoms with Gasteiger partial charge < -0.3 is 15.4 Å². The monoisotopic (exact) mass is 577 g/mol. The molecular formula is C33H35N7O3. The van der Waals surface area contributed by atoms with Crippen LogP contribution in [0.15, 0.2) is 85.3 Å². The molecule has 0 saturated carbocycles. The lowest BCUT2D eigenvalue weighted by atomic mass is 10.1. The number of carbonyl (C=O) groups is 2. The van der Waals surface area contributed by atoms with Gasteiger partial charge in [0.05, 0.1) is 41.7 Å². The van der Waals surface area contributed by atoms with Crippen LogP contribution in [0.25, 0.3) is 16.7 Å². The second-order valence-corrected chi connectivity index (χ2v) is 10.7. The molecule has 1 fully saturated rings. The number of carbonyl (C=O) groups excluding carboxylic acids is 2. The van der Waals surface area contributed by atoms with Crippen molar-refractivity contribution in [1.82, 2.24) is 34.9 Å². The maximum Gasteiger partial charge on any atom is 0.255 e. The van der Waals surface area contributed by atoms with Gasteiger partial charge in [0, 0.05) is 57.4 Å². The van der Waals surface area contributed by atoms with Gasteiger partial charge >= 0.3 is 0 Å². The Morgan fingerprint density at radius 2 is 1.70 bits per heavy atom. The molecule has 1 saturated heterocycles. The van der Waals surface area contributed by atoms with E-state index in [0.717, 1.165) is 66.4 Å². The zero-order valence-corrected chi connectivity index (χ0v) is 24.2. The van der Waals surface area contributed by atoms with Gasteiger partial charge in [0.15, 0.2) is 0 Å². The lowest BCUT2D eigenvalue weighted by Gasteiger charge is -2.26. The highest BCUT2D eigenvalue weighted by atomic mass is 16.5. The van der Waals surface area contributed by atoms with Gasteiger partial charge in [0.25, 0.3) is 11.8 Å². The fourth-order valence-electron chi connectivity index (χ4n) is 5.32. The highest BCUT2D eigenvalue weighted by Gasteiger charge is 2.17. The first-order valence-corrected chi connectivity index (χ1v) is 14.5. The normalized spacial score (nSPS) is 13.7. The molecule has 10 nitrogen and oxygen atoms in total. The predicted molar refractivity (Wildman–Crippen MR) is 164 cm³/mol. The number of morpholine rings is 1. The zero-order chi connectivity index (χ0) is 29.6. The molecule has 0 bridgehead atoms. The number of hydrogen-bond acceptors (Lipinski definition) is 6. The van der Waals surface area contributed by atoms with Gasteiger partial charge in [-0.3, -0.25) is 23.7 Å². The lowest BCUT2D eigenvalue weighted by Crippen LogP contribution is -2.41. The van der Waals surface area contributed by atoms with Gasteiger partial charge in [-0.05, 0) is 41.5 Å². The first-order chi connectivity index (χ1) is 21.0.